The molecule has 3 nitrogen and oxygen atoms in total. The molecule has 0 radical (unpaired) electrons. The van der Waals surface area contributed by atoms with E-state index in [1.807, 2.05) is 36.4 Å². The SMILES string of the molecule is O=C1c2ccc(Nc3ccc(F)cc3F)cc2CN1Cc1ccccc1. The Hall–Kier alpha value is -3.21. The van der Waals surface area contributed by atoms with Gasteiger partial charge in [0.2, 0.25) is 0 Å². The molecule has 1 heterocycles. The lowest BCUT2D eigenvalue weighted by Crippen LogP contribution is -2.23. The summed E-state index contributed by atoms with van der Waals surface area (Å²) in [6, 6.07) is 18.5. The number of amides is 1. The predicted molar refractivity (Wildman–Crippen MR) is 96.1 cm³/mol. The Morgan fingerprint density at radius 1 is 0.962 bits per heavy atom. The van der Waals surface area contributed by atoms with Gasteiger partial charge in [0.1, 0.15) is 11.6 Å². The van der Waals surface area contributed by atoms with Crippen molar-refractivity contribution < 1.29 is 13.6 Å². The molecule has 0 aliphatic carbocycles. The molecule has 0 spiro atoms. The van der Waals surface area contributed by atoms with Crippen molar-refractivity contribution in [3.05, 3.63) is 95.1 Å². The van der Waals surface area contributed by atoms with Crippen LogP contribution in [0.5, 0.6) is 0 Å². The molecular formula is C21H16F2N2O. The zero-order valence-corrected chi connectivity index (χ0v) is 13.9. The molecule has 0 saturated carbocycles. The van der Waals surface area contributed by atoms with Crippen molar-refractivity contribution in [2.45, 2.75) is 13.1 Å². The van der Waals surface area contributed by atoms with Gasteiger partial charge in [0.25, 0.3) is 5.91 Å². The van der Waals surface area contributed by atoms with Gasteiger partial charge in [-0.1, -0.05) is 30.3 Å². The lowest BCUT2D eigenvalue weighted by molar-refractivity contribution is 0.0766. The average Bonchev–Trinajstić information content (AvgIpc) is 2.93. The van der Waals surface area contributed by atoms with Crippen LogP contribution in [0, 0.1) is 11.6 Å². The Bertz CT molecular complexity index is 973. The van der Waals surface area contributed by atoms with E-state index < -0.39 is 11.6 Å². The monoisotopic (exact) mass is 350 g/mol. The van der Waals surface area contributed by atoms with E-state index in [1.165, 1.54) is 12.1 Å². The number of fused-ring (bicyclic) bond motifs is 1. The third-order valence-electron chi connectivity index (χ3n) is 4.41. The molecule has 0 fully saturated rings. The van der Waals surface area contributed by atoms with Crippen molar-refractivity contribution in [2.24, 2.45) is 0 Å². The van der Waals surface area contributed by atoms with E-state index >= 15 is 0 Å². The van der Waals surface area contributed by atoms with Gasteiger partial charge in [-0.3, -0.25) is 4.79 Å². The van der Waals surface area contributed by atoms with E-state index in [2.05, 4.69) is 5.32 Å². The van der Waals surface area contributed by atoms with E-state index in [9.17, 15) is 13.6 Å². The maximum atomic E-state index is 13.8. The summed E-state index contributed by atoms with van der Waals surface area (Å²) in [5, 5.41) is 2.94. The summed E-state index contributed by atoms with van der Waals surface area (Å²) in [6.07, 6.45) is 0. The summed E-state index contributed by atoms with van der Waals surface area (Å²) in [6.45, 7) is 1.05. The number of nitrogens with one attached hydrogen (secondary N) is 1. The van der Waals surface area contributed by atoms with Crippen molar-refractivity contribution in [3.63, 3.8) is 0 Å². The zero-order chi connectivity index (χ0) is 18.1. The summed E-state index contributed by atoms with van der Waals surface area (Å²) >= 11 is 0. The summed E-state index contributed by atoms with van der Waals surface area (Å²) in [5.74, 6) is -1.29. The molecule has 1 amide bonds. The minimum Gasteiger partial charge on any atom is -0.353 e. The quantitative estimate of drug-likeness (QED) is 0.728. The first-order valence-electron chi connectivity index (χ1n) is 8.28. The van der Waals surface area contributed by atoms with E-state index in [1.54, 1.807) is 17.0 Å². The minimum atomic E-state index is -0.660. The number of halogens is 2. The maximum absolute atomic E-state index is 13.8. The largest absolute Gasteiger partial charge is 0.353 e. The van der Waals surface area contributed by atoms with Gasteiger partial charge in [0.15, 0.2) is 0 Å². The fourth-order valence-electron chi connectivity index (χ4n) is 3.14. The smallest absolute Gasteiger partial charge is 0.254 e. The van der Waals surface area contributed by atoms with Crippen LogP contribution in [0.15, 0.2) is 66.7 Å². The van der Waals surface area contributed by atoms with E-state index in [0.29, 0.717) is 24.3 Å². The molecule has 0 unspecified atom stereocenters. The number of hydrogen-bond donors (Lipinski definition) is 1. The second-order valence-corrected chi connectivity index (χ2v) is 6.27. The second kappa shape index (κ2) is 6.59. The first kappa shape index (κ1) is 16.3. The molecule has 3 aromatic carbocycles. The van der Waals surface area contributed by atoms with Crippen molar-refractivity contribution in [1.82, 2.24) is 4.90 Å². The average molecular weight is 350 g/mol. The predicted octanol–water partition coefficient (Wildman–Crippen LogP) is 4.86. The molecule has 0 atom stereocenters. The highest BCUT2D eigenvalue weighted by atomic mass is 19.1. The lowest BCUT2D eigenvalue weighted by atomic mass is 10.1. The maximum Gasteiger partial charge on any atom is 0.254 e. The van der Waals surface area contributed by atoms with Crippen LogP contribution in [0.25, 0.3) is 0 Å². The molecule has 26 heavy (non-hydrogen) atoms. The van der Waals surface area contributed by atoms with Crippen LogP contribution in [-0.2, 0) is 13.1 Å². The van der Waals surface area contributed by atoms with Gasteiger partial charge >= 0.3 is 0 Å². The van der Waals surface area contributed by atoms with Crippen molar-refractivity contribution in [2.75, 3.05) is 5.32 Å². The van der Waals surface area contributed by atoms with Crippen LogP contribution in [0.4, 0.5) is 20.2 Å². The van der Waals surface area contributed by atoms with Crippen LogP contribution in [0.1, 0.15) is 21.5 Å². The lowest BCUT2D eigenvalue weighted by Gasteiger charge is -2.15. The highest BCUT2D eigenvalue weighted by Gasteiger charge is 2.27. The number of anilines is 2. The Morgan fingerprint density at radius 2 is 1.77 bits per heavy atom. The summed E-state index contributed by atoms with van der Waals surface area (Å²) < 4.78 is 26.8. The first-order valence-corrected chi connectivity index (χ1v) is 8.28. The number of benzene rings is 3. The van der Waals surface area contributed by atoms with Gasteiger partial charge < -0.3 is 10.2 Å². The summed E-state index contributed by atoms with van der Waals surface area (Å²) in [4.78, 5) is 14.3. The molecule has 5 heteroatoms. The molecule has 0 saturated heterocycles. The van der Waals surface area contributed by atoms with Gasteiger partial charge in [-0.15, -0.1) is 0 Å². The summed E-state index contributed by atoms with van der Waals surface area (Å²) in [7, 11) is 0. The van der Waals surface area contributed by atoms with E-state index in [0.717, 1.165) is 17.2 Å². The van der Waals surface area contributed by atoms with Crippen LogP contribution in [0.3, 0.4) is 0 Å². The van der Waals surface area contributed by atoms with Crippen molar-refractivity contribution in [1.29, 1.82) is 0 Å². The molecule has 130 valence electrons. The van der Waals surface area contributed by atoms with Crippen LogP contribution >= 0.6 is 0 Å². The highest BCUT2D eigenvalue weighted by Crippen LogP contribution is 2.29. The Balaban J connectivity index is 1.54. The van der Waals surface area contributed by atoms with Gasteiger partial charge in [0, 0.05) is 30.4 Å². The van der Waals surface area contributed by atoms with Crippen LogP contribution in [0.2, 0.25) is 0 Å². The Kier molecular flexibility index (Phi) is 4.13. The fraction of sp³-hybridized carbons (Fsp3) is 0.0952. The topological polar surface area (TPSA) is 32.3 Å². The molecule has 4 rings (SSSR count). The third kappa shape index (κ3) is 3.16. The molecule has 3 aromatic rings. The van der Waals surface area contributed by atoms with Crippen molar-refractivity contribution in [3.8, 4) is 0 Å². The first-order chi connectivity index (χ1) is 12.6. The molecule has 1 N–H and O–H groups in total. The fourth-order valence-corrected chi connectivity index (χ4v) is 3.14. The number of carbonyl (C=O) groups excluding carboxylic acids is 1. The molecule has 1 aliphatic rings. The van der Waals surface area contributed by atoms with E-state index in [-0.39, 0.29) is 11.6 Å². The molecule has 0 aromatic heterocycles. The van der Waals surface area contributed by atoms with Gasteiger partial charge in [0.05, 0.1) is 5.69 Å². The Labute approximate surface area is 149 Å². The summed E-state index contributed by atoms with van der Waals surface area (Å²) in [5.41, 5.74) is 3.46. The van der Waals surface area contributed by atoms with Crippen LogP contribution < -0.4 is 5.32 Å². The zero-order valence-electron chi connectivity index (χ0n) is 13.9. The van der Waals surface area contributed by atoms with Gasteiger partial charge in [-0.05, 0) is 41.5 Å². The van der Waals surface area contributed by atoms with Gasteiger partial charge in [-0.2, -0.15) is 0 Å². The number of hydrogen-bond acceptors (Lipinski definition) is 2. The normalized spacial score (nSPS) is 13.0. The molecule has 1 aliphatic heterocycles. The highest BCUT2D eigenvalue weighted by molar-refractivity contribution is 5.98. The number of carbonyl (C=O) groups is 1. The third-order valence-corrected chi connectivity index (χ3v) is 4.41. The molecule has 0 bridgehead atoms. The van der Waals surface area contributed by atoms with E-state index in [4.69, 9.17) is 0 Å². The molecular weight excluding hydrogens is 334 g/mol. The number of nitrogens with zero attached hydrogens (tertiary/aromatic N) is 1. The van der Waals surface area contributed by atoms with Gasteiger partial charge in [-0.25, -0.2) is 8.78 Å². The number of rotatable bonds is 4. The standard InChI is InChI=1S/C21H16F2N2O/c22-16-6-9-20(19(23)11-16)24-17-7-8-18-15(10-17)13-25(21(18)26)12-14-4-2-1-3-5-14/h1-11,24H,12-13H2. The minimum absolute atomic E-state index is 0.0108. The van der Waals surface area contributed by atoms with Crippen molar-refractivity contribution >= 4 is 17.3 Å². The Morgan fingerprint density at radius 3 is 2.54 bits per heavy atom. The van der Waals surface area contributed by atoms with Crippen LogP contribution in [-0.4, -0.2) is 10.8 Å². The second-order valence-electron chi connectivity index (χ2n) is 6.27.